The minimum absolute atomic E-state index is 0.0395. The molecule has 160 valence electrons. The van der Waals surface area contributed by atoms with Crippen molar-refractivity contribution in [2.75, 3.05) is 11.4 Å². The molecule has 0 saturated heterocycles. The zero-order chi connectivity index (χ0) is 22.2. The zero-order valence-electron chi connectivity index (χ0n) is 16.8. The highest BCUT2D eigenvalue weighted by molar-refractivity contribution is 7.93. The van der Waals surface area contributed by atoms with Crippen LogP contribution in [0, 0.1) is 0 Å². The van der Waals surface area contributed by atoms with Gasteiger partial charge in [0.05, 0.1) is 22.4 Å². The van der Waals surface area contributed by atoms with Gasteiger partial charge in [-0.1, -0.05) is 42.5 Å². The van der Waals surface area contributed by atoms with Gasteiger partial charge < -0.3 is 9.15 Å². The Balaban J connectivity index is 2.01. The summed E-state index contributed by atoms with van der Waals surface area (Å²) in [6, 6.07) is 14.3. The molecule has 3 aromatic carbocycles. The number of methoxy groups -OCH3 is 1. The third-order valence-electron chi connectivity index (χ3n) is 4.82. The van der Waals surface area contributed by atoms with Gasteiger partial charge in [-0.25, -0.2) is 17.5 Å². The average Bonchev–Trinajstić information content (AvgIpc) is 3.14. The molecule has 31 heavy (non-hydrogen) atoms. The number of benzene rings is 3. The van der Waals surface area contributed by atoms with Crippen LogP contribution < -0.4 is 14.0 Å². The first-order chi connectivity index (χ1) is 14.9. The van der Waals surface area contributed by atoms with E-state index in [9.17, 15) is 18.0 Å². The van der Waals surface area contributed by atoms with Crippen LogP contribution in [0.2, 0.25) is 0 Å². The normalized spacial score (nSPS) is 11.7. The molecule has 4 rings (SSSR count). The Labute approximate surface area is 182 Å². The summed E-state index contributed by atoms with van der Waals surface area (Å²) in [5.41, 5.74) is 0.563. The second kappa shape index (κ2) is 8.16. The average molecular weight is 458 g/mol. The Bertz CT molecular complexity index is 1430. The van der Waals surface area contributed by atoms with Crippen LogP contribution in [-0.2, 0) is 14.8 Å². The van der Waals surface area contributed by atoms with Crippen molar-refractivity contribution in [2.45, 2.75) is 24.7 Å². The van der Waals surface area contributed by atoms with Crippen LogP contribution in [-0.4, -0.2) is 21.4 Å². The fraction of sp³-hybridized carbons (Fsp3) is 0.182. The number of anilines is 1. The Hall–Kier alpha value is -3.17. The van der Waals surface area contributed by atoms with Gasteiger partial charge in [0.1, 0.15) is 5.75 Å². The summed E-state index contributed by atoms with van der Waals surface area (Å²) in [6.07, 6.45) is 0.524. The molecule has 0 aliphatic carbocycles. The van der Waals surface area contributed by atoms with E-state index < -0.39 is 20.9 Å². The lowest BCUT2D eigenvalue weighted by atomic mass is 10.1. The molecule has 1 aromatic heterocycles. The van der Waals surface area contributed by atoms with Crippen LogP contribution >= 0.6 is 11.3 Å². The highest BCUT2D eigenvalue weighted by Crippen LogP contribution is 2.38. The molecule has 0 unspecified atom stereocenters. The first-order valence-corrected chi connectivity index (χ1v) is 11.8. The number of rotatable bonds is 6. The van der Waals surface area contributed by atoms with Gasteiger partial charge in [0.25, 0.3) is 10.0 Å². The minimum Gasteiger partial charge on any atom is -0.497 e. The number of nitrogens with zero attached hydrogens (tertiary/aromatic N) is 1. The van der Waals surface area contributed by atoms with Gasteiger partial charge in [0, 0.05) is 17.2 Å². The zero-order valence-corrected chi connectivity index (χ0v) is 18.5. The second-order valence-corrected chi connectivity index (χ2v) is 9.58. The summed E-state index contributed by atoms with van der Waals surface area (Å²) in [6.45, 7) is 1.80. The van der Waals surface area contributed by atoms with Crippen LogP contribution in [0.5, 0.6) is 5.75 Å². The molecule has 4 aromatic rings. The summed E-state index contributed by atoms with van der Waals surface area (Å²) in [5.74, 6) is -0.0564. The van der Waals surface area contributed by atoms with Crippen molar-refractivity contribution in [3.8, 4) is 5.75 Å². The van der Waals surface area contributed by atoms with Crippen molar-refractivity contribution >= 4 is 54.0 Å². The van der Waals surface area contributed by atoms with Gasteiger partial charge in [-0.3, -0.25) is 4.79 Å². The van der Waals surface area contributed by atoms with E-state index in [4.69, 9.17) is 9.15 Å². The number of fused-ring (bicyclic) bond motifs is 3. The summed E-state index contributed by atoms with van der Waals surface area (Å²) < 4.78 is 39.0. The van der Waals surface area contributed by atoms with E-state index in [-0.39, 0.29) is 17.0 Å². The van der Waals surface area contributed by atoms with Crippen LogP contribution in [0.15, 0.2) is 68.7 Å². The topological polar surface area (TPSA) is 93.9 Å². The third kappa shape index (κ3) is 3.70. The van der Waals surface area contributed by atoms with Crippen molar-refractivity contribution in [1.82, 2.24) is 0 Å². The molecule has 7 nitrogen and oxygen atoms in total. The van der Waals surface area contributed by atoms with E-state index >= 15 is 0 Å². The number of carbonyl (C=O) groups is 1. The second-order valence-electron chi connectivity index (χ2n) is 6.81. The highest BCUT2D eigenvalue weighted by Gasteiger charge is 2.32. The lowest BCUT2D eigenvalue weighted by Crippen LogP contribution is -2.37. The van der Waals surface area contributed by atoms with Crippen molar-refractivity contribution < 1.29 is 22.4 Å². The van der Waals surface area contributed by atoms with Crippen molar-refractivity contribution in [2.24, 2.45) is 0 Å². The number of hydrogen-bond acceptors (Lipinski definition) is 7. The SMILES string of the molecule is CCCC(=O)N(c1cc2sc(=O)oc2c2ccccc12)S(=O)(=O)c1ccc(OC)cc1. The molecule has 0 saturated carbocycles. The minimum atomic E-state index is -4.23. The fourth-order valence-electron chi connectivity index (χ4n) is 3.41. The maximum Gasteiger partial charge on any atom is 0.396 e. The molecule has 0 aliphatic heterocycles. The molecule has 0 radical (unpaired) electrons. The number of carbonyl (C=O) groups excluding carboxylic acids is 1. The molecule has 0 bridgehead atoms. The number of ether oxygens (including phenoxy) is 1. The lowest BCUT2D eigenvalue weighted by Gasteiger charge is -2.24. The van der Waals surface area contributed by atoms with Gasteiger partial charge >= 0.3 is 4.94 Å². The molecule has 0 fully saturated rings. The molecule has 0 atom stereocenters. The molecule has 0 N–H and O–H groups in total. The summed E-state index contributed by atoms with van der Waals surface area (Å²) >= 11 is 0.863. The quantitative estimate of drug-likeness (QED) is 0.422. The maximum atomic E-state index is 13.6. The first-order valence-electron chi connectivity index (χ1n) is 9.54. The molecule has 9 heteroatoms. The number of hydrogen-bond donors (Lipinski definition) is 0. The molecule has 1 amide bonds. The fourth-order valence-corrected chi connectivity index (χ4v) is 5.59. The van der Waals surface area contributed by atoms with Crippen molar-refractivity contribution in [3.63, 3.8) is 0 Å². The first kappa shape index (κ1) is 21.1. The van der Waals surface area contributed by atoms with E-state index in [0.717, 1.165) is 15.6 Å². The van der Waals surface area contributed by atoms with Gasteiger partial charge in [-0.05, 0) is 36.8 Å². The van der Waals surface area contributed by atoms with Crippen LogP contribution in [0.1, 0.15) is 19.8 Å². The molecular weight excluding hydrogens is 438 g/mol. The van der Waals surface area contributed by atoms with Gasteiger partial charge in [0.2, 0.25) is 5.91 Å². The highest BCUT2D eigenvalue weighted by atomic mass is 32.2. The summed E-state index contributed by atoms with van der Waals surface area (Å²) in [5, 5.41) is 1.06. The van der Waals surface area contributed by atoms with Crippen LogP contribution in [0.4, 0.5) is 5.69 Å². The van der Waals surface area contributed by atoms with Gasteiger partial charge in [-0.2, -0.15) is 0 Å². The Morgan fingerprint density at radius 3 is 2.42 bits per heavy atom. The smallest absolute Gasteiger partial charge is 0.396 e. The third-order valence-corrected chi connectivity index (χ3v) is 7.35. The van der Waals surface area contributed by atoms with Crippen LogP contribution in [0.25, 0.3) is 21.1 Å². The van der Waals surface area contributed by atoms with Gasteiger partial charge in [-0.15, -0.1) is 0 Å². The van der Waals surface area contributed by atoms with E-state index in [1.54, 1.807) is 31.2 Å². The Kier molecular flexibility index (Phi) is 5.55. The number of sulfonamides is 1. The van der Waals surface area contributed by atoms with Crippen molar-refractivity contribution in [3.05, 3.63) is 64.3 Å². The van der Waals surface area contributed by atoms with E-state index in [1.807, 2.05) is 0 Å². The lowest BCUT2D eigenvalue weighted by molar-refractivity contribution is -0.117. The predicted octanol–water partition coefficient (Wildman–Crippen LogP) is 4.54. The monoisotopic (exact) mass is 457 g/mol. The largest absolute Gasteiger partial charge is 0.497 e. The Morgan fingerprint density at radius 2 is 1.77 bits per heavy atom. The molecular formula is C22H19NO6S2. The van der Waals surface area contributed by atoms with Crippen LogP contribution in [0.3, 0.4) is 0 Å². The van der Waals surface area contributed by atoms with E-state index in [2.05, 4.69) is 0 Å². The molecule has 0 aliphatic rings. The standard InChI is InChI=1S/C22H19NO6S2/c1-3-6-20(24)23(31(26,27)15-11-9-14(28-2)10-12-15)18-13-19-21(29-22(25)30-19)17-8-5-4-7-16(17)18/h4-5,7-13H,3,6H2,1-2H3. The Morgan fingerprint density at radius 1 is 1.10 bits per heavy atom. The maximum absolute atomic E-state index is 13.6. The summed E-state index contributed by atoms with van der Waals surface area (Å²) in [7, 11) is -2.75. The van der Waals surface area contributed by atoms with E-state index in [1.165, 1.54) is 37.4 Å². The molecule has 1 heterocycles. The predicted molar refractivity (Wildman–Crippen MR) is 120 cm³/mol. The van der Waals surface area contributed by atoms with Crippen molar-refractivity contribution in [1.29, 1.82) is 0 Å². The van der Waals surface area contributed by atoms with E-state index in [0.29, 0.717) is 33.2 Å². The number of amides is 1. The summed E-state index contributed by atoms with van der Waals surface area (Å²) in [4.78, 5) is 24.4. The van der Waals surface area contributed by atoms with Gasteiger partial charge in [0.15, 0.2) is 5.58 Å². The molecule has 0 spiro atoms.